The van der Waals surface area contributed by atoms with E-state index in [1.807, 2.05) is 24.5 Å². The Hall–Kier alpha value is -2.62. The zero-order valence-corrected chi connectivity index (χ0v) is 17.7. The number of pyridine rings is 1. The summed E-state index contributed by atoms with van der Waals surface area (Å²) in [6.07, 6.45) is 11.3. The van der Waals surface area contributed by atoms with Crippen LogP contribution in [0.15, 0.2) is 48.8 Å². The lowest BCUT2D eigenvalue weighted by molar-refractivity contribution is -0.144. The smallest absolute Gasteiger partial charge is 0.344 e. The van der Waals surface area contributed by atoms with Gasteiger partial charge in [-0.25, -0.2) is 4.79 Å². The summed E-state index contributed by atoms with van der Waals surface area (Å²) in [4.78, 5) is 15.5. The number of aromatic nitrogens is 1. The summed E-state index contributed by atoms with van der Waals surface area (Å²) in [5.74, 6) is 1.72. The van der Waals surface area contributed by atoms with E-state index in [9.17, 15) is 4.79 Å². The van der Waals surface area contributed by atoms with Gasteiger partial charge in [0.15, 0.2) is 6.10 Å². The summed E-state index contributed by atoms with van der Waals surface area (Å²) >= 11 is 0. The first-order chi connectivity index (χ1) is 14.5. The molecule has 30 heavy (non-hydrogen) atoms. The molecule has 0 saturated heterocycles. The second kappa shape index (κ2) is 7.26. The van der Waals surface area contributed by atoms with Crippen LogP contribution in [0, 0.1) is 17.3 Å². The minimum atomic E-state index is -0.933. The van der Waals surface area contributed by atoms with Crippen LogP contribution in [0.2, 0.25) is 0 Å². The second-order valence-electron chi connectivity index (χ2n) is 9.43. The van der Waals surface area contributed by atoms with Gasteiger partial charge in [0.05, 0.1) is 0 Å². The van der Waals surface area contributed by atoms with E-state index in [1.165, 1.54) is 41.5 Å². The third-order valence-electron chi connectivity index (χ3n) is 7.91. The average molecular weight is 404 g/mol. The predicted molar refractivity (Wildman–Crippen MR) is 116 cm³/mol. The van der Waals surface area contributed by atoms with Crippen molar-refractivity contribution in [2.24, 2.45) is 17.3 Å². The molecular weight excluding hydrogens is 374 g/mol. The lowest BCUT2D eigenvalue weighted by Gasteiger charge is -2.50. The Morgan fingerprint density at radius 2 is 2.17 bits per heavy atom. The van der Waals surface area contributed by atoms with Gasteiger partial charge in [-0.05, 0) is 103 Å². The number of fused-ring (bicyclic) bond motifs is 5. The lowest BCUT2D eigenvalue weighted by atomic mass is 9.54. The Balaban J connectivity index is 1.39. The van der Waals surface area contributed by atoms with Gasteiger partial charge in [-0.2, -0.15) is 0 Å². The number of ether oxygens (including phenoxy) is 1. The Bertz CT molecular complexity index is 999. The Labute approximate surface area is 178 Å². The molecule has 2 aromatic rings. The van der Waals surface area contributed by atoms with Crippen molar-refractivity contribution in [3.05, 3.63) is 65.5 Å². The van der Waals surface area contributed by atoms with E-state index in [0.29, 0.717) is 23.5 Å². The SMILES string of the molecule is CC(Oc1ccc2c(c1)CCC1C2CCC2(C)C(c3cccnc3)=CCC12)C(=O)O. The quantitative estimate of drug-likeness (QED) is 0.734. The van der Waals surface area contributed by atoms with Crippen LogP contribution in [0.4, 0.5) is 0 Å². The highest BCUT2D eigenvalue weighted by molar-refractivity contribution is 5.73. The Morgan fingerprint density at radius 1 is 1.30 bits per heavy atom. The van der Waals surface area contributed by atoms with Gasteiger partial charge in [-0.15, -0.1) is 0 Å². The van der Waals surface area contributed by atoms with E-state index in [-0.39, 0.29) is 5.41 Å². The molecule has 1 heterocycles. The third-order valence-corrected chi connectivity index (χ3v) is 7.91. The van der Waals surface area contributed by atoms with Crippen molar-refractivity contribution in [2.45, 2.75) is 58.0 Å². The molecule has 1 aromatic heterocycles. The first-order valence-electron chi connectivity index (χ1n) is 11.1. The summed E-state index contributed by atoms with van der Waals surface area (Å²) in [7, 11) is 0. The fourth-order valence-corrected chi connectivity index (χ4v) is 6.42. The van der Waals surface area contributed by atoms with Crippen molar-refractivity contribution in [3.8, 4) is 5.75 Å². The fourth-order valence-electron chi connectivity index (χ4n) is 6.42. The average Bonchev–Trinajstić information content (AvgIpc) is 3.11. The number of allylic oxidation sites excluding steroid dienone is 2. The van der Waals surface area contributed by atoms with Crippen LogP contribution in [0.1, 0.15) is 62.1 Å². The molecule has 5 atom stereocenters. The maximum absolute atomic E-state index is 11.1. The van der Waals surface area contributed by atoms with Gasteiger partial charge in [0.2, 0.25) is 0 Å². The van der Waals surface area contributed by atoms with Gasteiger partial charge in [0, 0.05) is 12.4 Å². The summed E-state index contributed by atoms with van der Waals surface area (Å²) < 4.78 is 5.61. The van der Waals surface area contributed by atoms with Gasteiger partial charge in [0.25, 0.3) is 0 Å². The molecule has 4 heteroatoms. The largest absolute Gasteiger partial charge is 0.479 e. The molecule has 1 fully saturated rings. The molecule has 0 bridgehead atoms. The van der Waals surface area contributed by atoms with Crippen molar-refractivity contribution >= 4 is 11.5 Å². The summed E-state index contributed by atoms with van der Waals surface area (Å²) in [5, 5.41) is 9.12. The molecule has 3 aliphatic rings. The predicted octanol–water partition coefficient (Wildman–Crippen LogP) is 5.48. The first kappa shape index (κ1) is 19.3. The molecule has 4 nitrogen and oxygen atoms in total. The molecule has 0 amide bonds. The van der Waals surface area contributed by atoms with Crippen LogP contribution in [0.3, 0.4) is 0 Å². The molecule has 0 aliphatic heterocycles. The van der Waals surface area contributed by atoms with E-state index in [0.717, 1.165) is 12.8 Å². The molecule has 0 spiro atoms. The standard InChI is InChI=1S/C26H29NO3/c1-16(25(28)29)30-19-6-8-20-17(14-19)5-7-22-21(20)11-12-26(2)23(9-10-24(22)26)18-4-3-13-27-15-18/h3-4,6,8-9,13-16,21-22,24H,5,7,10-12H2,1-2H3,(H,28,29). The molecule has 0 radical (unpaired) electrons. The number of benzene rings is 1. The van der Waals surface area contributed by atoms with E-state index in [2.05, 4.69) is 36.2 Å². The molecule has 3 aliphatic carbocycles. The van der Waals surface area contributed by atoms with Crippen molar-refractivity contribution in [1.29, 1.82) is 0 Å². The summed E-state index contributed by atoms with van der Waals surface area (Å²) in [5.41, 5.74) is 5.82. The second-order valence-corrected chi connectivity index (χ2v) is 9.43. The molecule has 1 aromatic carbocycles. The van der Waals surface area contributed by atoms with Crippen LogP contribution in [0.25, 0.3) is 5.57 Å². The van der Waals surface area contributed by atoms with Gasteiger partial charge in [-0.3, -0.25) is 4.98 Å². The first-order valence-corrected chi connectivity index (χ1v) is 11.1. The van der Waals surface area contributed by atoms with Crippen molar-refractivity contribution in [1.82, 2.24) is 4.98 Å². The number of hydrogen-bond donors (Lipinski definition) is 1. The minimum absolute atomic E-state index is 0.238. The van der Waals surface area contributed by atoms with Crippen molar-refractivity contribution in [2.75, 3.05) is 0 Å². The minimum Gasteiger partial charge on any atom is -0.479 e. The highest BCUT2D eigenvalue weighted by atomic mass is 16.5. The highest BCUT2D eigenvalue weighted by Gasteiger charge is 2.51. The number of carbonyl (C=O) groups is 1. The molecule has 156 valence electrons. The molecule has 1 N–H and O–H groups in total. The van der Waals surface area contributed by atoms with Crippen LogP contribution in [0.5, 0.6) is 5.75 Å². The van der Waals surface area contributed by atoms with E-state index in [1.54, 1.807) is 6.92 Å². The maximum atomic E-state index is 11.1. The molecule has 1 saturated carbocycles. The van der Waals surface area contributed by atoms with Crippen molar-refractivity contribution in [3.63, 3.8) is 0 Å². The zero-order valence-electron chi connectivity index (χ0n) is 17.7. The number of aliphatic carboxylic acids is 1. The Kier molecular flexibility index (Phi) is 4.68. The lowest BCUT2D eigenvalue weighted by Crippen LogP contribution is -2.40. The fraction of sp³-hybridized carbons (Fsp3) is 0.462. The maximum Gasteiger partial charge on any atom is 0.344 e. The van der Waals surface area contributed by atoms with Crippen LogP contribution >= 0.6 is 0 Å². The third kappa shape index (κ3) is 3.05. The number of aryl methyl sites for hydroxylation is 1. The van der Waals surface area contributed by atoms with Crippen LogP contribution in [-0.2, 0) is 11.2 Å². The number of rotatable bonds is 4. The van der Waals surface area contributed by atoms with E-state index in [4.69, 9.17) is 9.84 Å². The number of carboxylic acids is 1. The van der Waals surface area contributed by atoms with E-state index >= 15 is 0 Å². The molecule has 5 unspecified atom stereocenters. The number of nitrogens with zero attached hydrogens (tertiary/aromatic N) is 1. The summed E-state index contributed by atoms with van der Waals surface area (Å²) in [6.45, 7) is 4.05. The van der Waals surface area contributed by atoms with Crippen LogP contribution < -0.4 is 4.74 Å². The van der Waals surface area contributed by atoms with Gasteiger partial charge in [0.1, 0.15) is 5.75 Å². The Morgan fingerprint density at radius 3 is 2.93 bits per heavy atom. The normalized spacial score (nSPS) is 30.5. The molecule has 5 rings (SSSR count). The van der Waals surface area contributed by atoms with Gasteiger partial charge >= 0.3 is 5.97 Å². The number of hydrogen-bond acceptors (Lipinski definition) is 3. The topological polar surface area (TPSA) is 59.4 Å². The zero-order chi connectivity index (χ0) is 20.9. The highest BCUT2D eigenvalue weighted by Crippen LogP contribution is 2.63. The number of carboxylic acid groups (broad SMARTS) is 1. The van der Waals surface area contributed by atoms with Crippen LogP contribution in [-0.4, -0.2) is 22.2 Å². The monoisotopic (exact) mass is 403 g/mol. The van der Waals surface area contributed by atoms with Gasteiger partial charge in [-0.1, -0.05) is 25.1 Å². The van der Waals surface area contributed by atoms with Crippen molar-refractivity contribution < 1.29 is 14.6 Å². The van der Waals surface area contributed by atoms with Gasteiger partial charge < -0.3 is 9.84 Å². The summed E-state index contributed by atoms with van der Waals surface area (Å²) in [6, 6.07) is 10.5. The molecular formula is C26H29NO3. The van der Waals surface area contributed by atoms with E-state index < -0.39 is 12.1 Å².